The Morgan fingerprint density at radius 3 is 2.55 bits per heavy atom. The number of methoxy groups -OCH3 is 1. The number of hydrogen-bond donors (Lipinski definition) is 2. The Labute approximate surface area is 127 Å². The molecule has 1 unspecified atom stereocenters. The predicted octanol–water partition coefficient (Wildman–Crippen LogP) is 2.60. The zero-order chi connectivity index (χ0) is 14.9. The number of nitrogens with two attached hydrogens (primary N) is 1. The lowest BCUT2D eigenvalue weighted by molar-refractivity contribution is -0.138. The van der Waals surface area contributed by atoms with Crippen LogP contribution in [0, 0.1) is 6.92 Å². The maximum Gasteiger partial charge on any atom is 0.320 e. The smallest absolute Gasteiger partial charge is 0.320 e. The van der Waals surface area contributed by atoms with Gasteiger partial charge in [0, 0.05) is 12.0 Å². The van der Waals surface area contributed by atoms with Crippen molar-refractivity contribution >= 4 is 21.9 Å². The molecule has 0 radical (unpaired) electrons. The Morgan fingerprint density at radius 1 is 1.40 bits per heavy atom. The molecule has 1 aliphatic rings. The van der Waals surface area contributed by atoms with E-state index in [1.165, 1.54) is 24.0 Å². The third-order valence-electron chi connectivity index (χ3n) is 4.06. The number of hydrogen-bond acceptors (Lipinski definition) is 3. The van der Waals surface area contributed by atoms with Gasteiger partial charge in [-0.3, -0.25) is 4.79 Å². The highest BCUT2D eigenvalue weighted by Crippen LogP contribution is 2.41. The van der Waals surface area contributed by atoms with Gasteiger partial charge in [-0.15, -0.1) is 0 Å². The molecule has 4 nitrogen and oxygen atoms in total. The number of ether oxygens (including phenoxy) is 1. The first-order valence-corrected chi connectivity index (χ1v) is 7.61. The highest BCUT2D eigenvalue weighted by molar-refractivity contribution is 9.10. The van der Waals surface area contributed by atoms with Crippen molar-refractivity contribution in [3.63, 3.8) is 0 Å². The molecular weight excluding hydrogens is 322 g/mol. The molecule has 0 aliphatic heterocycles. The van der Waals surface area contributed by atoms with E-state index in [-0.39, 0.29) is 6.42 Å². The van der Waals surface area contributed by atoms with Crippen LogP contribution in [0.15, 0.2) is 4.47 Å². The lowest BCUT2D eigenvalue weighted by Gasteiger charge is -2.25. The van der Waals surface area contributed by atoms with E-state index in [9.17, 15) is 4.79 Å². The molecule has 1 atom stereocenters. The van der Waals surface area contributed by atoms with E-state index in [0.717, 1.165) is 34.2 Å². The Hall–Kier alpha value is -1.07. The summed E-state index contributed by atoms with van der Waals surface area (Å²) in [6, 6.07) is -0.906. The Balaban J connectivity index is 2.54. The van der Waals surface area contributed by atoms with Crippen LogP contribution in [0.2, 0.25) is 0 Å². The summed E-state index contributed by atoms with van der Waals surface area (Å²) < 4.78 is 6.47. The fourth-order valence-corrected chi connectivity index (χ4v) is 3.79. The van der Waals surface area contributed by atoms with Crippen LogP contribution in [0.1, 0.15) is 35.1 Å². The van der Waals surface area contributed by atoms with Crippen molar-refractivity contribution in [2.45, 2.75) is 45.1 Å². The van der Waals surface area contributed by atoms with E-state index < -0.39 is 12.0 Å². The summed E-state index contributed by atoms with van der Waals surface area (Å²) >= 11 is 3.63. The van der Waals surface area contributed by atoms with Gasteiger partial charge < -0.3 is 15.6 Å². The molecule has 20 heavy (non-hydrogen) atoms. The molecular formula is C15H20BrNO3. The van der Waals surface area contributed by atoms with Crippen LogP contribution in [0.4, 0.5) is 0 Å². The number of rotatable bonds is 4. The first-order chi connectivity index (χ1) is 9.47. The van der Waals surface area contributed by atoms with Crippen molar-refractivity contribution in [2.75, 3.05) is 7.11 Å². The lowest BCUT2D eigenvalue weighted by atomic mass is 9.84. The van der Waals surface area contributed by atoms with Crippen LogP contribution >= 0.6 is 15.9 Å². The molecule has 1 aromatic rings. The van der Waals surface area contributed by atoms with Gasteiger partial charge in [-0.05, 0) is 65.2 Å². The van der Waals surface area contributed by atoms with Gasteiger partial charge in [0.1, 0.15) is 11.8 Å². The quantitative estimate of drug-likeness (QED) is 0.882. The van der Waals surface area contributed by atoms with Crippen LogP contribution < -0.4 is 10.5 Å². The molecule has 2 rings (SSSR count). The normalized spacial score (nSPS) is 15.6. The zero-order valence-electron chi connectivity index (χ0n) is 11.8. The van der Waals surface area contributed by atoms with E-state index in [1.807, 2.05) is 6.92 Å². The predicted molar refractivity (Wildman–Crippen MR) is 81.4 cm³/mol. The van der Waals surface area contributed by atoms with Crippen molar-refractivity contribution in [1.82, 2.24) is 0 Å². The maximum atomic E-state index is 11.0. The van der Waals surface area contributed by atoms with Gasteiger partial charge in [0.05, 0.1) is 11.6 Å². The molecule has 0 saturated carbocycles. The van der Waals surface area contributed by atoms with E-state index in [4.69, 9.17) is 15.6 Å². The van der Waals surface area contributed by atoms with Gasteiger partial charge in [-0.2, -0.15) is 0 Å². The fraction of sp³-hybridized carbons (Fsp3) is 0.533. The standard InChI is InChI=1S/C15H20BrNO3/c1-8-9-5-3-4-6-10(9)13(16)14(20-2)11(8)7-12(17)15(18)19/h12H,3-7,17H2,1-2H3,(H,18,19). The minimum absolute atomic E-state index is 0.288. The Bertz CT molecular complexity index is 543. The number of benzene rings is 1. The number of carbonyl (C=O) groups is 1. The highest BCUT2D eigenvalue weighted by atomic mass is 79.9. The van der Waals surface area contributed by atoms with Gasteiger partial charge in [0.25, 0.3) is 0 Å². The van der Waals surface area contributed by atoms with Crippen LogP contribution in [-0.4, -0.2) is 24.2 Å². The van der Waals surface area contributed by atoms with Crippen molar-refractivity contribution < 1.29 is 14.6 Å². The summed E-state index contributed by atoms with van der Waals surface area (Å²) in [7, 11) is 1.62. The van der Waals surface area contributed by atoms with E-state index >= 15 is 0 Å². The molecule has 110 valence electrons. The first kappa shape index (κ1) is 15.3. The third-order valence-corrected chi connectivity index (χ3v) is 4.90. The maximum absolute atomic E-state index is 11.0. The summed E-state index contributed by atoms with van der Waals surface area (Å²) in [5.41, 5.74) is 10.4. The Kier molecular flexibility index (Phi) is 4.70. The van der Waals surface area contributed by atoms with E-state index in [1.54, 1.807) is 7.11 Å². The average Bonchev–Trinajstić information content (AvgIpc) is 2.44. The molecule has 0 aromatic heterocycles. The second kappa shape index (κ2) is 6.14. The van der Waals surface area contributed by atoms with Crippen molar-refractivity contribution in [2.24, 2.45) is 5.73 Å². The van der Waals surface area contributed by atoms with E-state index in [2.05, 4.69) is 15.9 Å². The van der Waals surface area contributed by atoms with Gasteiger partial charge in [0.2, 0.25) is 0 Å². The van der Waals surface area contributed by atoms with E-state index in [0.29, 0.717) is 0 Å². The second-order valence-corrected chi connectivity index (χ2v) is 6.06. The number of carboxylic acid groups (broad SMARTS) is 1. The summed E-state index contributed by atoms with van der Waals surface area (Å²) in [5, 5.41) is 9.03. The summed E-state index contributed by atoms with van der Waals surface area (Å²) in [6.45, 7) is 2.04. The van der Waals surface area contributed by atoms with Crippen LogP contribution in [0.3, 0.4) is 0 Å². The minimum Gasteiger partial charge on any atom is -0.495 e. The third kappa shape index (κ3) is 2.69. The molecule has 5 heteroatoms. The minimum atomic E-state index is -0.986. The SMILES string of the molecule is COc1c(Br)c2c(c(C)c1CC(N)C(=O)O)CCCC2. The highest BCUT2D eigenvalue weighted by Gasteiger charge is 2.25. The monoisotopic (exact) mass is 341 g/mol. The molecule has 1 aromatic carbocycles. The van der Waals surface area contributed by atoms with Crippen molar-refractivity contribution in [3.8, 4) is 5.75 Å². The van der Waals surface area contributed by atoms with Crippen molar-refractivity contribution in [3.05, 3.63) is 26.7 Å². The first-order valence-electron chi connectivity index (χ1n) is 6.82. The molecule has 0 fully saturated rings. The molecule has 1 aliphatic carbocycles. The van der Waals surface area contributed by atoms with Gasteiger partial charge in [-0.1, -0.05) is 0 Å². The largest absolute Gasteiger partial charge is 0.495 e. The fourth-order valence-electron chi connectivity index (χ4n) is 2.95. The lowest BCUT2D eigenvalue weighted by Crippen LogP contribution is -2.33. The van der Waals surface area contributed by atoms with Crippen LogP contribution in [0.25, 0.3) is 0 Å². The van der Waals surface area contributed by atoms with Crippen LogP contribution in [-0.2, 0) is 24.1 Å². The van der Waals surface area contributed by atoms with Gasteiger partial charge in [0.15, 0.2) is 0 Å². The molecule has 0 bridgehead atoms. The topological polar surface area (TPSA) is 72.5 Å². The molecule has 0 amide bonds. The van der Waals surface area contributed by atoms with Crippen molar-refractivity contribution in [1.29, 1.82) is 0 Å². The summed E-state index contributed by atoms with van der Waals surface area (Å²) in [4.78, 5) is 11.0. The zero-order valence-corrected chi connectivity index (χ0v) is 13.4. The summed E-state index contributed by atoms with van der Waals surface area (Å²) in [5.74, 6) is -0.250. The number of halogens is 1. The molecule has 0 spiro atoms. The summed E-state index contributed by atoms with van der Waals surface area (Å²) in [6.07, 6.45) is 4.73. The van der Waals surface area contributed by atoms with Gasteiger partial charge >= 0.3 is 5.97 Å². The number of aliphatic carboxylic acids is 1. The number of carboxylic acids is 1. The molecule has 0 saturated heterocycles. The average molecular weight is 342 g/mol. The van der Waals surface area contributed by atoms with Gasteiger partial charge in [-0.25, -0.2) is 0 Å². The number of fused-ring (bicyclic) bond motifs is 1. The second-order valence-electron chi connectivity index (χ2n) is 5.26. The molecule has 3 N–H and O–H groups in total. The van der Waals surface area contributed by atoms with Crippen LogP contribution in [0.5, 0.6) is 5.75 Å². The Morgan fingerprint density at radius 2 is 2.00 bits per heavy atom. The molecule has 0 heterocycles.